The van der Waals surface area contributed by atoms with Crippen LogP contribution in [0.15, 0.2) is 18.2 Å². The van der Waals surface area contributed by atoms with E-state index in [0.717, 1.165) is 24.8 Å². The van der Waals surface area contributed by atoms with Gasteiger partial charge in [-0.1, -0.05) is 25.5 Å². The van der Waals surface area contributed by atoms with Crippen LogP contribution in [0.3, 0.4) is 0 Å². The first-order valence-corrected chi connectivity index (χ1v) is 7.99. The number of benzene rings is 1. The van der Waals surface area contributed by atoms with Crippen LogP contribution < -0.4 is 5.73 Å². The minimum Gasteiger partial charge on any atom is -0.398 e. The van der Waals surface area contributed by atoms with Crippen molar-refractivity contribution in [3.05, 3.63) is 29.3 Å². The van der Waals surface area contributed by atoms with E-state index < -0.39 is 10.0 Å². The summed E-state index contributed by atoms with van der Waals surface area (Å²) in [5, 5.41) is 0. The van der Waals surface area contributed by atoms with Crippen molar-refractivity contribution in [3.8, 4) is 0 Å². The Morgan fingerprint density at radius 3 is 2.89 bits per heavy atom. The van der Waals surface area contributed by atoms with E-state index in [1.54, 1.807) is 4.31 Å². The van der Waals surface area contributed by atoms with Gasteiger partial charge in [-0.05, 0) is 30.0 Å². The molecule has 2 rings (SSSR count). The molecular weight excluding hydrogens is 248 g/mol. The molecule has 1 aliphatic rings. The highest BCUT2D eigenvalue weighted by Crippen LogP contribution is 2.26. The van der Waals surface area contributed by atoms with Gasteiger partial charge >= 0.3 is 0 Å². The monoisotopic (exact) mass is 268 g/mol. The van der Waals surface area contributed by atoms with Crippen molar-refractivity contribution in [1.82, 2.24) is 4.31 Å². The van der Waals surface area contributed by atoms with Crippen molar-refractivity contribution in [3.63, 3.8) is 0 Å². The molecule has 0 bridgehead atoms. The first-order chi connectivity index (χ1) is 8.54. The van der Waals surface area contributed by atoms with Gasteiger partial charge in [-0.2, -0.15) is 4.31 Å². The van der Waals surface area contributed by atoms with E-state index in [-0.39, 0.29) is 5.75 Å². The number of hydrogen-bond donors (Lipinski definition) is 1. The summed E-state index contributed by atoms with van der Waals surface area (Å²) in [6, 6.07) is 5.79. The molecular formula is C13H20N2O2S. The van der Waals surface area contributed by atoms with E-state index >= 15 is 0 Å². The minimum absolute atomic E-state index is 0.242. The van der Waals surface area contributed by atoms with Crippen molar-refractivity contribution < 1.29 is 8.42 Å². The zero-order valence-corrected chi connectivity index (χ0v) is 11.5. The topological polar surface area (TPSA) is 63.4 Å². The second-order valence-corrected chi connectivity index (χ2v) is 6.83. The van der Waals surface area contributed by atoms with Crippen molar-refractivity contribution in [2.45, 2.75) is 32.7 Å². The molecule has 18 heavy (non-hydrogen) atoms. The van der Waals surface area contributed by atoms with Gasteiger partial charge < -0.3 is 5.73 Å². The van der Waals surface area contributed by atoms with Gasteiger partial charge in [0.25, 0.3) is 0 Å². The van der Waals surface area contributed by atoms with Crippen LogP contribution in [0, 0.1) is 0 Å². The molecule has 1 aromatic rings. The highest BCUT2D eigenvalue weighted by molar-refractivity contribution is 7.89. The molecule has 0 saturated heterocycles. The summed E-state index contributed by atoms with van der Waals surface area (Å²) < 4.78 is 25.9. The maximum Gasteiger partial charge on any atom is 0.214 e. The van der Waals surface area contributed by atoms with E-state index in [1.165, 1.54) is 5.56 Å². The highest BCUT2D eigenvalue weighted by Gasteiger charge is 2.26. The summed E-state index contributed by atoms with van der Waals surface area (Å²) in [6.45, 7) is 3.00. The number of hydrogen-bond acceptors (Lipinski definition) is 3. The standard InChI is InChI=1S/C13H20N2O2S/c1-2-3-9-18(16,17)15-8-7-11-5-4-6-13(14)12(11)10-15/h4-6H,2-3,7-10,14H2,1H3. The molecule has 100 valence electrons. The number of rotatable bonds is 4. The highest BCUT2D eigenvalue weighted by atomic mass is 32.2. The molecule has 0 radical (unpaired) electrons. The first kappa shape index (κ1) is 13.4. The summed E-state index contributed by atoms with van der Waals surface area (Å²) in [4.78, 5) is 0. The summed E-state index contributed by atoms with van der Waals surface area (Å²) in [6.07, 6.45) is 2.37. The lowest BCUT2D eigenvalue weighted by molar-refractivity contribution is 0.391. The lowest BCUT2D eigenvalue weighted by atomic mass is 10.00. The van der Waals surface area contributed by atoms with Crippen LogP contribution in [0.1, 0.15) is 30.9 Å². The molecule has 1 heterocycles. The minimum atomic E-state index is -3.13. The number of nitrogen functional groups attached to an aromatic ring is 1. The van der Waals surface area contributed by atoms with Crippen LogP contribution in [0.25, 0.3) is 0 Å². The van der Waals surface area contributed by atoms with Crippen LogP contribution in [-0.4, -0.2) is 25.0 Å². The predicted molar refractivity (Wildman–Crippen MR) is 73.7 cm³/mol. The molecule has 1 aliphatic heterocycles. The van der Waals surface area contributed by atoms with Crippen molar-refractivity contribution in [2.24, 2.45) is 0 Å². The van der Waals surface area contributed by atoms with E-state index in [2.05, 4.69) is 0 Å². The number of sulfonamides is 1. The normalized spacial score (nSPS) is 16.5. The van der Waals surface area contributed by atoms with Gasteiger partial charge in [-0.15, -0.1) is 0 Å². The van der Waals surface area contributed by atoms with E-state index in [9.17, 15) is 8.42 Å². The molecule has 5 heteroatoms. The van der Waals surface area contributed by atoms with Crippen LogP contribution in [0.5, 0.6) is 0 Å². The fourth-order valence-electron chi connectivity index (χ4n) is 2.28. The summed E-state index contributed by atoms with van der Waals surface area (Å²) in [5.74, 6) is 0.242. The molecule has 2 N–H and O–H groups in total. The molecule has 0 aromatic heterocycles. The molecule has 0 saturated carbocycles. The van der Waals surface area contributed by atoms with Gasteiger partial charge in [-0.25, -0.2) is 8.42 Å². The molecule has 4 nitrogen and oxygen atoms in total. The molecule has 0 fully saturated rings. The molecule has 0 amide bonds. The van der Waals surface area contributed by atoms with Crippen LogP contribution >= 0.6 is 0 Å². The fraction of sp³-hybridized carbons (Fsp3) is 0.538. The summed E-state index contributed by atoms with van der Waals surface area (Å²) >= 11 is 0. The number of nitrogens with two attached hydrogens (primary N) is 1. The molecule has 0 atom stereocenters. The van der Waals surface area contributed by atoms with Gasteiger partial charge in [0.2, 0.25) is 10.0 Å². The van der Waals surface area contributed by atoms with E-state index in [0.29, 0.717) is 18.8 Å². The second-order valence-electron chi connectivity index (χ2n) is 4.74. The summed E-state index contributed by atoms with van der Waals surface area (Å²) in [7, 11) is -3.13. The van der Waals surface area contributed by atoms with Gasteiger partial charge in [-0.3, -0.25) is 0 Å². The van der Waals surface area contributed by atoms with Gasteiger partial charge in [0.05, 0.1) is 5.75 Å². The Balaban J connectivity index is 2.19. The maximum atomic E-state index is 12.2. The van der Waals surface area contributed by atoms with Crippen molar-refractivity contribution in [2.75, 3.05) is 18.0 Å². The Bertz CT molecular complexity index is 526. The fourth-order valence-corrected chi connectivity index (χ4v) is 3.88. The Morgan fingerprint density at radius 1 is 1.39 bits per heavy atom. The number of fused-ring (bicyclic) bond motifs is 1. The second kappa shape index (κ2) is 5.28. The SMILES string of the molecule is CCCCS(=O)(=O)N1CCc2cccc(N)c2C1. The zero-order valence-electron chi connectivity index (χ0n) is 10.7. The lowest BCUT2D eigenvalue weighted by Crippen LogP contribution is -2.37. The third-order valence-corrected chi connectivity index (χ3v) is 5.33. The average Bonchev–Trinajstić information content (AvgIpc) is 2.36. The number of nitrogens with zero attached hydrogens (tertiary/aromatic N) is 1. The van der Waals surface area contributed by atoms with Crippen molar-refractivity contribution >= 4 is 15.7 Å². The van der Waals surface area contributed by atoms with Gasteiger partial charge in [0.1, 0.15) is 0 Å². The predicted octanol–water partition coefficient (Wildman–Crippen LogP) is 1.76. The first-order valence-electron chi connectivity index (χ1n) is 6.38. The Kier molecular flexibility index (Phi) is 3.92. The quantitative estimate of drug-likeness (QED) is 0.846. The number of unbranched alkanes of at least 4 members (excludes halogenated alkanes) is 1. The van der Waals surface area contributed by atoms with Gasteiger partial charge in [0.15, 0.2) is 0 Å². The van der Waals surface area contributed by atoms with Crippen LogP contribution in [0.2, 0.25) is 0 Å². The lowest BCUT2D eigenvalue weighted by Gasteiger charge is -2.28. The van der Waals surface area contributed by atoms with E-state index in [4.69, 9.17) is 5.73 Å². The van der Waals surface area contributed by atoms with Crippen LogP contribution in [-0.2, 0) is 23.0 Å². The Morgan fingerprint density at radius 2 is 2.17 bits per heavy atom. The Labute approximate surface area is 109 Å². The average molecular weight is 268 g/mol. The third-order valence-electron chi connectivity index (χ3n) is 3.42. The van der Waals surface area contributed by atoms with Crippen LogP contribution in [0.4, 0.5) is 5.69 Å². The molecule has 1 aromatic carbocycles. The number of anilines is 1. The third kappa shape index (κ3) is 2.67. The van der Waals surface area contributed by atoms with Gasteiger partial charge in [0, 0.05) is 18.8 Å². The Hall–Kier alpha value is -1.07. The zero-order chi connectivity index (χ0) is 13.2. The van der Waals surface area contributed by atoms with Crippen molar-refractivity contribution in [1.29, 1.82) is 0 Å². The largest absolute Gasteiger partial charge is 0.398 e. The summed E-state index contributed by atoms with van der Waals surface area (Å²) in [5.41, 5.74) is 8.78. The molecule has 0 aliphatic carbocycles. The molecule has 0 spiro atoms. The smallest absolute Gasteiger partial charge is 0.214 e. The van der Waals surface area contributed by atoms with E-state index in [1.807, 2.05) is 25.1 Å². The maximum absolute atomic E-state index is 12.2. The molecule has 0 unspecified atom stereocenters.